The van der Waals surface area contributed by atoms with Gasteiger partial charge in [0.05, 0.1) is 0 Å². The van der Waals surface area contributed by atoms with Gasteiger partial charge < -0.3 is 20.1 Å². The standard InChI is InChI=1S/C21H21FN2O5/c1-13(21(27)23-11-14-2-5-16(22)6-3-14)29-20(26)12-28-17-7-8-18-15(10-17)4-9-19(25)24-18/h2-3,5-8,10,13H,4,9,11-12H2,1H3,(H,23,27)(H,24,25). The van der Waals surface area contributed by atoms with E-state index < -0.39 is 18.0 Å². The molecule has 29 heavy (non-hydrogen) atoms. The second kappa shape index (κ2) is 9.18. The molecule has 152 valence electrons. The fourth-order valence-corrected chi connectivity index (χ4v) is 2.81. The molecule has 1 unspecified atom stereocenters. The minimum absolute atomic E-state index is 0.0264. The van der Waals surface area contributed by atoms with Gasteiger partial charge in [0.15, 0.2) is 12.7 Å². The van der Waals surface area contributed by atoms with Gasteiger partial charge in [-0.3, -0.25) is 9.59 Å². The first kappa shape index (κ1) is 20.3. The second-order valence-electron chi connectivity index (χ2n) is 6.63. The van der Waals surface area contributed by atoms with Crippen LogP contribution in [0.25, 0.3) is 0 Å². The van der Waals surface area contributed by atoms with Crippen molar-refractivity contribution < 1.29 is 28.2 Å². The molecule has 8 heteroatoms. The molecule has 0 radical (unpaired) electrons. The molecule has 0 fully saturated rings. The molecule has 0 bridgehead atoms. The highest BCUT2D eigenvalue weighted by molar-refractivity contribution is 5.94. The normalized spacial score (nSPS) is 13.7. The third-order valence-corrected chi connectivity index (χ3v) is 4.39. The Bertz CT molecular complexity index is 914. The number of amides is 2. The number of halogens is 1. The number of esters is 1. The van der Waals surface area contributed by atoms with Gasteiger partial charge in [-0.2, -0.15) is 0 Å². The first-order chi connectivity index (χ1) is 13.9. The van der Waals surface area contributed by atoms with E-state index in [9.17, 15) is 18.8 Å². The maximum atomic E-state index is 12.9. The van der Waals surface area contributed by atoms with Crippen molar-refractivity contribution in [2.45, 2.75) is 32.4 Å². The van der Waals surface area contributed by atoms with Gasteiger partial charge in [-0.15, -0.1) is 0 Å². The van der Waals surface area contributed by atoms with Gasteiger partial charge in [0, 0.05) is 18.7 Å². The van der Waals surface area contributed by atoms with Crippen LogP contribution in [-0.4, -0.2) is 30.5 Å². The fourth-order valence-electron chi connectivity index (χ4n) is 2.81. The minimum atomic E-state index is -0.995. The van der Waals surface area contributed by atoms with E-state index in [2.05, 4.69) is 10.6 Å². The summed E-state index contributed by atoms with van der Waals surface area (Å²) in [6.45, 7) is 1.31. The quantitative estimate of drug-likeness (QED) is 0.696. The molecular weight excluding hydrogens is 379 g/mol. The Morgan fingerprint density at radius 3 is 2.69 bits per heavy atom. The highest BCUT2D eigenvalue weighted by atomic mass is 19.1. The zero-order valence-corrected chi connectivity index (χ0v) is 15.9. The first-order valence-corrected chi connectivity index (χ1v) is 9.18. The summed E-state index contributed by atoms with van der Waals surface area (Å²) in [6, 6.07) is 10.9. The van der Waals surface area contributed by atoms with Crippen molar-refractivity contribution >= 4 is 23.5 Å². The predicted octanol–water partition coefficient (Wildman–Crippen LogP) is 2.34. The van der Waals surface area contributed by atoms with Crippen LogP contribution in [0.3, 0.4) is 0 Å². The number of hydrogen-bond acceptors (Lipinski definition) is 5. The van der Waals surface area contributed by atoms with Gasteiger partial charge in [-0.1, -0.05) is 12.1 Å². The van der Waals surface area contributed by atoms with Gasteiger partial charge in [-0.05, 0) is 54.8 Å². The Morgan fingerprint density at radius 1 is 1.17 bits per heavy atom. The van der Waals surface area contributed by atoms with Crippen molar-refractivity contribution in [2.24, 2.45) is 0 Å². The molecule has 2 aromatic rings. The Kier molecular flexibility index (Phi) is 6.43. The molecule has 7 nitrogen and oxygen atoms in total. The van der Waals surface area contributed by atoms with E-state index in [1.807, 2.05) is 0 Å². The van der Waals surface area contributed by atoms with Crippen LogP contribution in [0, 0.1) is 5.82 Å². The lowest BCUT2D eigenvalue weighted by Crippen LogP contribution is -2.36. The molecule has 1 atom stereocenters. The zero-order chi connectivity index (χ0) is 20.8. The van der Waals surface area contributed by atoms with E-state index in [-0.39, 0.29) is 24.9 Å². The minimum Gasteiger partial charge on any atom is -0.482 e. The number of anilines is 1. The number of carbonyl (C=O) groups excluding carboxylic acids is 3. The molecule has 1 aliphatic rings. The summed E-state index contributed by atoms with van der Waals surface area (Å²) in [4.78, 5) is 35.4. The Hall–Kier alpha value is -3.42. The van der Waals surface area contributed by atoms with E-state index in [4.69, 9.17) is 9.47 Å². The summed E-state index contributed by atoms with van der Waals surface area (Å²) in [6.07, 6.45) is 0.0159. The van der Waals surface area contributed by atoms with Crippen molar-refractivity contribution in [3.63, 3.8) is 0 Å². The highest BCUT2D eigenvalue weighted by Crippen LogP contribution is 2.26. The SMILES string of the molecule is CC(OC(=O)COc1ccc2c(c1)CCC(=O)N2)C(=O)NCc1ccc(F)cc1. The molecule has 0 aromatic heterocycles. The average molecular weight is 400 g/mol. The summed E-state index contributed by atoms with van der Waals surface area (Å²) < 4.78 is 23.4. The van der Waals surface area contributed by atoms with Gasteiger partial charge in [0.25, 0.3) is 5.91 Å². The number of benzene rings is 2. The number of fused-ring (bicyclic) bond motifs is 1. The molecule has 2 N–H and O–H groups in total. The molecule has 0 saturated carbocycles. The molecule has 0 aliphatic carbocycles. The molecule has 3 rings (SSSR count). The number of rotatable bonds is 7. The lowest BCUT2D eigenvalue weighted by Gasteiger charge is -2.18. The lowest BCUT2D eigenvalue weighted by atomic mass is 10.0. The van der Waals surface area contributed by atoms with Crippen LogP contribution in [0.15, 0.2) is 42.5 Å². The summed E-state index contributed by atoms with van der Waals surface area (Å²) in [5.74, 6) is -1.05. The third kappa shape index (κ3) is 5.78. The first-order valence-electron chi connectivity index (χ1n) is 9.18. The number of nitrogens with one attached hydrogen (secondary N) is 2. The molecule has 0 spiro atoms. The average Bonchev–Trinajstić information content (AvgIpc) is 2.71. The Labute approximate surface area is 167 Å². The largest absolute Gasteiger partial charge is 0.482 e. The van der Waals surface area contributed by atoms with Gasteiger partial charge in [0.1, 0.15) is 11.6 Å². The molecule has 1 heterocycles. The molecule has 2 amide bonds. The smallest absolute Gasteiger partial charge is 0.344 e. The van der Waals surface area contributed by atoms with Gasteiger partial charge in [0.2, 0.25) is 5.91 Å². The lowest BCUT2D eigenvalue weighted by molar-refractivity contribution is -0.156. The molecular formula is C21H21FN2O5. The predicted molar refractivity (Wildman–Crippen MR) is 103 cm³/mol. The van der Waals surface area contributed by atoms with Crippen LogP contribution in [0.5, 0.6) is 5.75 Å². The topological polar surface area (TPSA) is 93.7 Å². The van der Waals surface area contributed by atoms with Crippen LogP contribution in [0.2, 0.25) is 0 Å². The summed E-state index contributed by atoms with van der Waals surface area (Å²) in [5, 5.41) is 5.39. The number of hydrogen-bond donors (Lipinski definition) is 2. The Balaban J connectivity index is 1.43. The van der Waals surface area contributed by atoms with Gasteiger partial charge >= 0.3 is 5.97 Å². The van der Waals surface area contributed by atoms with Crippen molar-refractivity contribution in [3.05, 3.63) is 59.4 Å². The van der Waals surface area contributed by atoms with E-state index in [1.54, 1.807) is 30.3 Å². The van der Waals surface area contributed by atoms with E-state index >= 15 is 0 Å². The number of ether oxygens (including phenoxy) is 2. The molecule has 2 aromatic carbocycles. The molecule has 0 saturated heterocycles. The maximum absolute atomic E-state index is 12.9. The van der Waals surface area contributed by atoms with Crippen LogP contribution >= 0.6 is 0 Å². The summed E-state index contributed by atoms with van der Waals surface area (Å²) in [5.41, 5.74) is 2.40. The van der Waals surface area contributed by atoms with Crippen LogP contribution in [0.4, 0.5) is 10.1 Å². The van der Waals surface area contributed by atoms with Crippen molar-refractivity contribution in [3.8, 4) is 5.75 Å². The van der Waals surface area contributed by atoms with E-state index in [1.165, 1.54) is 19.1 Å². The van der Waals surface area contributed by atoms with Crippen LogP contribution in [-0.2, 0) is 32.1 Å². The fraction of sp³-hybridized carbons (Fsp3) is 0.286. The third-order valence-electron chi connectivity index (χ3n) is 4.39. The second-order valence-corrected chi connectivity index (χ2v) is 6.63. The van der Waals surface area contributed by atoms with E-state index in [0.717, 1.165) is 16.8 Å². The maximum Gasteiger partial charge on any atom is 0.344 e. The van der Waals surface area contributed by atoms with Crippen molar-refractivity contribution in [2.75, 3.05) is 11.9 Å². The van der Waals surface area contributed by atoms with Crippen LogP contribution < -0.4 is 15.4 Å². The van der Waals surface area contributed by atoms with Crippen molar-refractivity contribution in [1.82, 2.24) is 5.32 Å². The number of carbonyl (C=O) groups is 3. The Morgan fingerprint density at radius 2 is 1.93 bits per heavy atom. The highest BCUT2D eigenvalue weighted by Gasteiger charge is 2.19. The van der Waals surface area contributed by atoms with Crippen LogP contribution in [0.1, 0.15) is 24.5 Å². The summed E-state index contributed by atoms with van der Waals surface area (Å²) >= 11 is 0. The van der Waals surface area contributed by atoms with E-state index in [0.29, 0.717) is 18.6 Å². The summed E-state index contributed by atoms with van der Waals surface area (Å²) in [7, 11) is 0. The zero-order valence-electron chi connectivity index (χ0n) is 15.9. The van der Waals surface area contributed by atoms with Gasteiger partial charge in [-0.25, -0.2) is 9.18 Å². The monoisotopic (exact) mass is 400 g/mol. The molecule has 1 aliphatic heterocycles. The van der Waals surface area contributed by atoms with Crippen molar-refractivity contribution in [1.29, 1.82) is 0 Å². The number of aryl methyl sites for hydroxylation is 1.